The number of rotatable bonds is 3. The monoisotopic (exact) mass is 384 g/mol. The maximum atomic E-state index is 12.9. The van der Waals surface area contributed by atoms with E-state index in [1.807, 2.05) is 13.1 Å². The van der Waals surface area contributed by atoms with Crippen molar-refractivity contribution in [1.82, 2.24) is 15.5 Å². The van der Waals surface area contributed by atoms with Crippen molar-refractivity contribution < 1.29 is 19.2 Å². The molecule has 0 bridgehead atoms. The van der Waals surface area contributed by atoms with Crippen LogP contribution in [0.15, 0.2) is 18.2 Å². The molecular weight excluding hydrogens is 360 g/mol. The van der Waals surface area contributed by atoms with Crippen LogP contribution in [0.25, 0.3) is 0 Å². The van der Waals surface area contributed by atoms with E-state index in [1.54, 1.807) is 12.1 Å². The van der Waals surface area contributed by atoms with Gasteiger partial charge < -0.3 is 10.2 Å². The number of imide groups is 2. The zero-order valence-electron chi connectivity index (χ0n) is 15.9. The van der Waals surface area contributed by atoms with Crippen LogP contribution in [-0.2, 0) is 9.59 Å². The number of anilines is 1. The van der Waals surface area contributed by atoms with Crippen LogP contribution in [0, 0.1) is 0 Å². The molecule has 0 radical (unpaired) electrons. The third-order valence-electron chi connectivity index (χ3n) is 5.90. The summed E-state index contributed by atoms with van der Waals surface area (Å²) in [6.45, 7) is 1.89. The van der Waals surface area contributed by atoms with Gasteiger partial charge in [-0.3, -0.25) is 29.4 Å². The molecule has 148 valence electrons. The molecule has 3 heterocycles. The summed E-state index contributed by atoms with van der Waals surface area (Å²) in [6, 6.07) is 4.64. The van der Waals surface area contributed by atoms with Crippen molar-refractivity contribution in [1.29, 1.82) is 0 Å². The smallest absolute Gasteiger partial charge is 0.262 e. The second-order valence-electron chi connectivity index (χ2n) is 7.64. The first-order valence-electron chi connectivity index (χ1n) is 9.76. The van der Waals surface area contributed by atoms with Gasteiger partial charge in [-0.2, -0.15) is 0 Å². The highest BCUT2D eigenvalue weighted by molar-refractivity contribution is 6.23. The van der Waals surface area contributed by atoms with Gasteiger partial charge in [-0.25, -0.2) is 0 Å². The van der Waals surface area contributed by atoms with Crippen LogP contribution in [0.5, 0.6) is 0 Å². The molecule has 8 nitrogen and oxygen atoms in total. The number of fused-ring (bicyclic) bond motifs is 1. The molecular formula is C20H24N4O4. The predicted octanol–water partition coefficient (Wildman–Crippen LogP) is 0.666. The molecule has 2 unspecified atom stereocenters. The SMILES string of the molecule is CN(c1ccc2c(c1)C(=O)N(C1CCC(=O)NC1=O)C2=O)C1CCCCNC1. The highest BCUT2D eigenvalue weighted by Gasteiger charge is 2.44. The van der Waals surface area contributed by atoms with Gasteiger partial charge in [0.2, 0.25) is 11.8 Å². The van der Waals surface area contributed by atoms with Crippen molar-refractivity contribution >= 4 is 29.3 Å². The van der Waals surface area contributed by atoms with Gasteiger partial charge in [0.05, 0.1) is 11.1 Å². The summed E-state index contributed by atoms with van der Waals surface area (Å²) in [4.78, 5) is 52.4. The molecule has 28 heavy (non-hydrogen) atoms. The van der Waals surface area contributed by atoms with Crippen LogP contribution in [0.3, 0.4) is 0 Å². The average Bonchev–Trinajstić information content (AvgIpc) is 2.88. The Morgan fingerprint density at radius 2 is 1.82 bits per heavy atom. The second kappa shape index (κ2) is 7.35. The van der Waals surface area contributed by atoms with Gasteiger partial charge in [0.25, 0.3) is 11.8 Å². The lowest BCUT2D eigenvalue weighted by Gasteiger charge is -2.29. The summed E-state index contributed by atoms with van der Waals surface area (Å²) >= 11 is 0. The number of piperidine rings is 1. The lowest BCUT2D eigenvalue weighted by molar-refractivity contribution is -0.136. The Balaban J connectivity index is 1.58. The van der Waals surface area contributed by atoms with Gasteiger partial charge in [-0.15, -0.1) is 0 Å². The summed E-state index contributed by atoms with van der Waals surface area (Å²) in [6.07, 6.45) is 3.65. The van der Waals surface area contributed by atoms with E-state index in [0.717, 1.165) is 42.9 Å². The van der Waals surface area contributed by atoms with Gasteiger partial charge in [-0.05, 0) is 44.0 Å². The minimum Gasteiger partial charge on any atom is -0.370 e. The Morgan fingerprint density at radius 3 is 2.61 bits per heavy atom. The van der Waals surface area contributed by atoms with Gasteiger partial charge in [0, 0.05) is 31.7 Å². The van der Waals surface area contributed by atoms with E-state index in [1.165, 1.54) is 0 Å². The van der Waals surface area contributed by atoms with E-state index in [-0.39, 0.29) is 18.7 Å². The molecule has 8 heteroatoms. The van der Waals surface area contributed by atoms with Gasteiger partial charge >= 0.3 is 0 Å². The van der Waals surface area contributed by atoms with Crippen molar-refractivity contribution in [2.75, 3.05) is 25.0 Å². The first kappa shape index (κ1) is 18.6. The minimum atomic E-state index is -0.933. The van der Waals surface area contributed by atoms with E-state index in [9.17, 15) is 19.2 Å². The Hall–Kier alpha value is -2.74. The third kappa shape index (κ3) is 3.17. The first-order chi connectivity index (χ1) is 13.5. The minimum absolute atomic E-state index is 0.118. The molecule has 2 N–H and O–H groups in total. The summed E-state index contributed by atoms with van der Waals surface area (Å²) in [5, 5.41) is 5.65. The molecule has 1 aromatic rings. The molecule has 4 rings (SSSR count). The van der Waals surface area contributed by atoms with Crippen LogP contribution in [0.2, 0.25) is 0 Å². The number of carbonyl (C=O) groups excluding carboxylic acids is 4. The summed E-state index contributed by atoms with van der Waals surface area (Å²) in [5.74, 6) is -1.91. The van der Waals surface area contributed by atoms with Crippen LogP contribution in [0.1, 0.15) is 52.8 Å². The Morgan fingerprint density at radius 1 is 1.04 bits per heavy atom. The fourth-order valence-corrected chi connectivity index (χ4v) is 4.22. The highest BCUT2D eigenvalue weighted by atomic mass is 16.2. The largest absolute Gasteiger partial charge is 0.370 e. The number of likely N-dealkylation sites (N-methyl/N-ethyl adjacent to an activating group) is 1. The van der Waals surface area contributed by atoms with Crippen molar-refractivity contribution in [3.63, 3.8) is 0 Å². The molecule has 0 aromatic heterocycles. The lowest BCUT2D eigenvalue weighted by Crippen LogP contribution is -2.54. The highest BCUT2D eigenvalue weighted by Crippen LogP contribution is 2.31. The van der Waals surface area contributed by atoms with Crippen molar-refractivity contribution in [2.24, 2.45) is 0 Å². The number of hydrogen-bond acceptors (Lipinski definition) is 6. The van der Waals surface area contributed by atoms with Crippen LogP contribution in [-0.4, -0.2) is 60.7 Å². The molecule has 0 spiro atoms. The molecule has 2 fully saturated rings. The van der Waals surface area contributed by atoms with Crippen LogP contribution in [0.4, 0.5) is 5.69 Å². The standard InChI is InChI=1S/C20H24N4O4/c1-23(13-4-2-3-9-21-11-13)12-5-6-14-15(10-12)20(28)24(19(14)27)16-7-8-17(25)22-18(16)26/h5-6,10,13,16,21H,2-4,7-9,11H2,1H3,(H,22,25,26). The quantitative estimate of drug-likeness (QED) is 0.743. The number of benzene rings is 1. The van der Waals surface area contributed by atoms with E-state index in [2.05, 4.69) is 15.5 Å². The molecule has 0 saturated carbocycles. The Labute approximate surface area is 163 Å². The Kier molecular flexibility index (Phi) is 4.89. The lowest BCUT2D eigenvalue weighted by atomic mass is 10.0. The third-order valence-corrected chi connectivity index (χ3v) is 5.90. The number of nitrogens with zero attached hydrogens (tertiary/aromatic N) is 2. The number of hydrogen-bond donors (Lipinski definition) is 2. The summed E-state index contributed by atoms with van der Waals surface area (Å²) in [7, 11) is 2.00. The van der Waals surface area contributed by atoms with E-state index in [0.29, 0.717) is 17.2 Å². The normalized spacial score (nSPS) is 25.4. The van der Waals surface area contributed by atoms with Crippen LogP contribution < -0.4 is 15.5 Å². The molecule has 2 saturated heterocycles. The molecule has 0 aliphatic carbocycles. The summed E-state index contributed by atoms with van der Waals surface area (Å²) < 4.78 is 0. The van der Waals surface area contributed by atoms with Crippen molar-refractivity contribution in [3.8, 4) is 0 Å². The topological polar surface area (TPSA) is 98.8 Å². The number of carbonyl (C=O) groups is 4. The Bertz CT molecular complexity index is 845. The van der Waals surface area contributed by atoms with E-state index in [4.69, 9.17) is 0 Å². The van der Waals surface area contributed by atoms with Crippen molar-refractivity contribution in [2.45, 2.75) is 44.2 Å². The maximum absolute atomic E-state index is 12.9. The summed E-state index contributed by atoms with van der Waals surface area (Å²) in [5.41, 5.74) is 1.50. The second-order valence-corrected chi connectivity index (χ2v) is 7.64. The number of amides is 4. The van der Waals surface area contributed by atoms with E-state index >= 15 is 0 Å². The maximum Gasteiger partial charge on any atom is 0.262 e. The molecule has 2 atom stereocenters. The van der Waals surface area contributed by atoms with Crippen LogP contribution >= 0.6 is 0 Å². The van der Waals surface area contributed by atoms with Crippen molar-refractivity contribution in [3.05, 3.63) is 29.3 Å². The zero-order chi connectivity index (χ0) is 19.8. The average molecular weight is 384 g/mol. The zero-order valence-corrected chi connectivity index (χ0v) is 15.9. The van der Waals surface area contributed by atoms with Gasteiger partial charge in [0.1, 0.15) is 6.04 Å². The van der Waals surface area contributed by atoms with Gasteiger partial charge in [0.15, 0.2) is 0 Å². The molecule has 3 aliphatic rings. The predicted molar refractivity (Wildman–Crippen MR) is 102 cm³/mol. The molecule has 3 aliphatic heterocycles. The fraction of sp³-hybridized carbons (Fsp3) is 0.500. The number of nitrogens with one attached hydrogen (secondary N) is 2. The first-order valence-corrected chi connectivity index (χ1v) is 9.76. The molecule has 4 amide bonds. The van der Waals surface area contributed by atoms with E-state index < -0.39 is 23.8 Å². The van der Waals surface area contributed by atoms with Gasteiger partial charge in [-0.1, -0.05) is 6.42 Å². The fourth-order valence-electron chi connectivity index (χ4n) is 4.22. The molecule has 1 aromatic carbocycles.